The first-order valence-corrected chi connectivity index (χ1v) is 7.53. The van der Waals surface area contributed by atoms with E-state index in [4.69, 9.17) is 0 Å². The van der Waals surface area contributed by atoms with Crippen LogP contribution < -0.4 is 0 Å². The van der Waals surface area contributed by atoms with E-state index in [2.05, 4.69) is 25.3 Å². The van der Waals surface area contributed by atoms with Crippen molar-refractivity contribution in [2.45, 2.75) is 51.4 Å². The van der Waals surface area contributed by atoms with Gasteiger partial charge >= 0.3 is 0 Å². The fraction of sp³-hybridized carbons (Fsp3) is 0.706. The van der Waals surface area contributed by atoms with E-state index < -0.39 is 0 Å². The maximum Gasteiger partial charge on any atom is 0.139 e. The van der Waals surface area contributed by atoms with Crippen LogP contribution >= 0.6 is 0 Å². The minimum absolute atomic E-state index is 0.353. The van der Waals surface area contributed by atoms with Crippen molar-refractivity contribution in [3.05, 3.63) is 25.3 Å². The molecule has 0 aromatic carbocycles. The molecule has 0 N–H and O–H groups in total. The van der Waals surface area contributed by atoms with Gasteiger partial charge in [0.15, 0.2) is 0 Å². The van der Waals surface area contributed by atoms with Gasteiger partial charge in [0.1, 0.15) is 5.78 Å². The molecule has 2 saturated carbocycles. The number of carbonyl (C=O) groups excluding carboxylic acids is 1. The second-order valence-corrected chi connectivity index (χ2v) is 6.10. The maximum absolute atomic E-state index is 12.5. The standard InChI is InChI=1S/C17H26O/c1-3-13-5-9-15(10-6-13)17(18)16-11-7-14(4-2)8-12-16/h3-4,13-16H,1-2,5-12H2. The monoisotopic (exact) mass is 246 g/mol. The highest BCUT2D eigenvalue weighted by Gasteiger charge is 2.32. The zero-order chi connectivity index (χ0) is 13.0. The van der Waals surface area contributed by atoms with E-state index in [-0.39, 0.29) is 0 Å². The molecule has 2 aliphatic rings. The summed E-state index contributed by atoms with van der Waals surface area (Å²) >= 11 is 0. The minimum Gasteiger partial charge on any atom is -0.299 e. The number of hydrogen-bond donors (Lipinski definition) is 0. The molecule has 2 aliphatic carbocycles. The first-order chi connectivity index (χ1) is 8.74. The largest absolute Gasteiger partial charge is 0.299 e. The third-order valence-electron chi connectivity index (χ3n) is 5.02. The summed E-state index contributed by atoms with van der Waals surface area (Å²) in [4.78, 5) is 12.5. The van der Waals surface area contributed by atoms with Gasteiger partial charge in [-0.15, -0.1) is 13.2 Å². The molecule has 1 nitrogen and oxygen atoms in total. The van der Waals surface area contributed by atoms with Gasteiger partial charge in [-0.05, 0) is 63.2 Å². The topological polar surface area (TPSA) is 17.1 Å². The van der Waals surface area contributed by atoms with Crippen LogP contribution in [0.15, 0.2) is 25.3 Å². The van der Waals surface area contributed by atoms with Crippen LogP contribution in [0.4, 0.5) is 0 Å². The van der Waals surface area contributed by atoms with Gasteiger partial charge in [0.2, 0.25) is 0 Å². The molecule has 0 heterocycles. The second-order valence-electron chi connectivity index (χ2n) is 6.10. The first-order valence-electron chi connectivity index (χ1n) is 7.53. The second kappa shape index (κ2) is 6.36. The number of rotatable bonds is 4. The molecule has 0 radical (unpaired) electrons. The number of hydrogen-bond acceptors (Lipinski definition) is 1. The molecule has 0 amide bonds. The Kier molecular flexibility index (Phi) is 4.79. The molecule has 0 unspecified atom stereocenters. The van der Waals surface area contributed by atoms with Crippen LogP contribution in [0.2, 0.25) is 0 Å². The fourth-order valence-corrected chi connectivity index (χ4v) is 3.61. The van der Waals surface area contributed by atoms with Gasteiger partial charge in [-0.1, -0.05) is 12.2 Å². The average molecular weight is 246 g/mol. The molecule has 2 fully saturated rings. The van der Waals surface area contributed by atoms with Crippen LogP contribution in [-0.2, 0) is 4.79 Å². The Morgan fingerprint density at radius 1 is 0.722 bits per heavy atom. The zero-order valence-electron chi connectivity index (χ0n) is 11.4. The van der Waals surface area contributed by atoms with Crippen LogP contribution in [0.25, 0.3) is 0 Å². The molecule has 1 heteroatoms. The molecule has 0 aromatic heterocycles. The average Bonchev–Trinajstić information content (AvgIpc) is 2.47. The van der Waals surface area contributed by atoms with Gasteiger partial charge in [0.25, 0.3) is 0 Å². The zero-order valence-corrected chi connectivity index (χ0v) is 11.4. The Balaban J connectivity index is 1.81. The Labute approximate surface area is 111 Å². The van der Waals surface area contributed by atoms with Crippen LogP contribution in [0.5, 0.6) is 0 Å². The predicted octanol–water partition coefficient (Wildman–Crippen LogP) is 4.54. The van der Waals surface area contributed by atoms with E-state index in [1.54, 1.807) is 0 Å². The van der Waals surface area contributed by atoms with Crippen LogP contribution in [-0.4, -0.2) is 5.78 Å². The third-order valence-corrected chi connectivity index (χ3v) is 5.02. The number of Topliss-reactive ketones (excluding diaryl/α,β-unsaturated/α-hetero) is 1. The highest BCUT2D eigenvalue weighted by molar-refractivity contribution is 5.83. The smallest absolute Gasteiger partial charge is 0.139 e. The highest BCUT2D eigenvalue weighted by atomic mass is 16.1. The van der Waals surface area contributed by atoms with Crippen molar-refractivity contribution >= 4 is 5.78 Å². The van der Waals surface area contributed by atoms with E-state index in [0.717, 1.165) is 25.7 Å². The highest BCUT2D eigenvalue weighted by Crippen LogP contribution is 2.36. The van der Waals surface area contributed by atoms with Gasteiger partial charge in [-0.2, -0.15) is 0 Å². The molecular weight excluding hydrogens is 220 g/mol. The molecule has 0 spiro atoms. The van der Waals surface area contributed by atoms with Crippen molar-refractivity contribution in [3.8, 4) is 0 Å². The Hall–Kier alpha value is -0.850. The summed E-state index contributed by atoms with van der Waals surface area (Å²) in [6, 6.07) is 0. The Bertz CT molecular complexity index is 272. The quantitative estimate of drug-likeness (QED) is 0.666. The summed E-state index contributed by atoms with van der Waals surface area (Å²) in [5.41, 5.74) is 0. The van der Waals surface area contributed by atoms with Gasteiger partial charge < -0.3 is 0 Å². The van der Waals surface area contributed by atoms with E-state index >= 15 is 0 Å². The van der Waals surface area contributed by atoms with Crippen molar-refractivity contribution in [3.63, 3.8) is 0 Å². The van der Waals surface area contributed by atoms with E-state index in [0.29, 0.717) is 29.5 Å². The van der Waals surface area contributed by atoms with Crippen LogP contribution in [0.3, 0.4) is 0 Å². The summed E-state index contributed by atoms with van der Waals surface area (Å²) in [5.74, 6) is 2.59. The van der Waals surface area contributed by atoms with Crippen molar-refractivity contribution < 1.29 is 4.79 Å². The summed E-state index contributed by atoms with van der Waals surface area (Å²) in [6.07, 6.45) is 13.2. The van der Waals surface area contributed by atoms with Crippen LogP contribution in [0, 0.1) is 23.7 Å². The first kappa shape index (κ1) is 13.6. The Morgan fingerprint density at radius 3 is 1.33 bits per heavy atom. The number of allylic oxidation sites excluding steroid dienone is 2. The maximum atomic E-state index is 12.5. The van der Waals surface area contributed by atoms with Crippen molar-refractivity contribution in [1.29, 1.82) is 0 Å². The SMILES string of the molecule is C=CC1CCC(C(=O)C2CCC(C=C)CC2)CC1. The van der Waals surface area contributed by atoms with E-state index in [9.17, 15) is 4.79 Å². The van der Waals surface area contributed by atoms with E-state index in [1.807, 2.05) is 0 Å². The summed E-state index contributed by atoms with van der Waals surface area (Å²) in [6.45, 7) is 7.73. The lowest BCUT2D eigenvalue weighted by Crippen LogP contribution is -2.29. The normalized spacial score (nSPS) is 36.9. The van der Waals surface area contributed by atoms with Crippen molar-refractivity contribution in [2.24, 2.45) is 23.7 Å². The molecule has 18 heavy (non-hydrogen) atoms. The number of carbonyl (C=O) groups is 1. The molecule has 2 rings (SSSR count). The number of ketones is 1. The molecule has 0 atom stereocenters. The molecule has 0 aromatic rings. The third kappa shape index (κ3) is 3.13. The minimum atomic E-state index is 0.353. The lowest BCUT2D eigenvalue weighted by molar-refractivity contribution is -0.129. The summed E-state index contributed by atoms with van der Waals surface area (Å²) < 4.78 is 0. The lowest BCUT2D eigenvalue weighted by atomic mass is 9.72. The van der Waals surface area contributed by atoms with Gasteiger partial charge in [0, 0.05) is 11.8 Å². The molecular formula is C17H26O. The van der Waals surface area contributed by atoms with Crippen molar-refractivity contribution in [1.82, 2.24) is 0 Å². The van der Waals surface area contributed by atoms with Crippen LogP contribution in [0.1, 0.15) is 51.4 Å². The summed E-state index contributed by atoms with van der Waals surface area (Å²) in [7, 11) is 0. The van der Waals surface area contributed by atoms with Crippen molar-refractivity contribution in [2.75, 3.05) is 0 Å². The van der Waals surface area contributed by atoms with E-state index in [1.165, 1.54) is 25.7 Å². The van der Waals surface area contributed by atoms with Gasteiger partial charge in [0.05, 0.1) is 0 Å². The summed E-state index contributed by atoms with van der Waals surface area (Å²) in [5, 5.41) is 0. The predicted molar refractivity (Wildman–Crippen MR) is 76.3 cm³/mol. The molecule has 0 saturated heterocycles. The lowest BCUT2D eigenvalue weighted by Gasteiger charge is -2.31. The van der Waals surface area contributed by atoms with Gasteiger partial charge in [-0.25, -0.2) is 0 Å². The molecule has 0 bridgehead atoms. The molecule has 100 valence electrons. The fourth-order valence-electron chi connectivity index (χ4n) is 3.61. The van der Waals surface area contributed by atoms with Gasteiger partial charge in [-0.3, -0.25) is 4.79 Å². The Morgan fingerprint density at radius 2 is 1.06 bits per heavy atom. The molecule has 0 aliphatic heterocycles.